The number of nitrogens with one attached hydrogen (secondary N) is 1. The van der Waals surface area contributed by atoms with Crippen molar-refractivity contribution < 1.29 is 14.4 Å². The van der Waals surface area contributed by atoms with Crippen LogP contribution in [0.1, 0.15) is 26.7 Å². The number of nitrogens with zero attached hydrogens (tertiary/aromatic N) is 1. The Morgan fingerprint density at radius 2 is 1.85 bits per heavy atom. The summed E-state index contributed by atoms with van der Waals surface area (Å²) < 4.78 is 0. The van der Waals surface area contributed by atoms with Crippen LogP contribution >= 0.6 is 0 Å². The average Bonchev–Trinajstić information content (AvgIpc) is 2.69. The van der Waals surface area contributed by atoms with Crippen LogP contribution in [0.3, 0.4) is 0 Å². The lowest BCUT2D eigenvalue weighted by molar-refractivity contribution is -0.142. The van der Waals surface area contributed by atoms with Gasteiger partial charge in [0.05, 0.1) is 0 Å². The predicted molar refractivity (Wildman–Crippen MR) is 74.5 cm³/mol. The summed E-state index contributed by atoms with van der Waals surface area (Å²) in [5.41, 5.74) is 1.52. The molecule has 0 aliphatic carbocycles. The third kappa shape index (κ3) is 2.57. The van der Waals surface area contributed by atoms with Crippen molar-refractivity contribution in [2.45, 2.75) is 32.7 Å². The molecule has 3 amide bonds. The topological polar surface area (TPSA) is 66.5 Å². The van der Waals surface area contributed by atoms with Crippen molar-refractivity contribution in [3.63, 3.8) is 0 Å². The van der Waals surface area contributed by atoms with Crippen LogP contribution in [-0.4, -0.2) is 35.2 Å². The zero-order chi connectivity index (χ0) is 14.7. The van der Waals surface area contributed by atoms with E-state index < -0.39 is 6.04 Å². The van der Waals surface area contributed by atoms with Gasteiger partial charge in [-0.1, -0.05) is 24.3 Å². The third-order valence-corrected chi connectivity index (χ3v) is 3.47. The molecule has 1 N–H and O–H groups in total. The van der Waals surface area contributed by atoms with Gasteiger partial charge in [-0.05, 0) is 25.8 Å². The number of piperidine rings is 1. The molecule has 1 atom stereocenters. The van der Waals surface area contributed by atoms with Crippen LogP contribution in [-0.2, 0) is 14.4 Å². The molecule has 5 heteroatoms. The van der Waals surface area contributed by atoms with E-state index in [1.54, 1.807) is 11.0 Å². The summed E-state index contributed by atoms with van der Waals surface area (Å²) in [6.45, 7) is 4.15. The van der Waals surface area contributed by atoms with E-state index in [1.807, 2.05) is 32.1 Å². The largest absolute Gasteiger partial charge is 0.322 e. The van der Waals surface area contributed by atoms with Gasteiger partial charge < -0.3 is 4.90 Å². The van der Waals surface area contributed by atoms with E-state index >= 15 is 0 Å². The molecule has 1 fully saturated rings. The van der Waals surface area contributed by atoms with Crippen molar-refractivity contribution in [1.29, 1.82) is 0 Å². The Kier molecular flexibility index (Phi) is 4.17. The molecule has 1 unspecified atom stereocenters. The van der Waals surface area contributed by atoms with Crippen molar-refractivity contribution in [2.24, 2.45) is 0 Å². The van der Waals surface area contributed by atoms with Crippen molar-refractivity contribution in [3.8, 4) is 0 Å². The molecule has 0 bridgehead atoms. The smallest absolute Gasteiger partial charge is 0.255 e. The first-order valence-corrected chi connectivity index (χ1v) is 6.71. The molecule has 2 aliphatic rings. The molecule has 106 valence electrons. The van der Waals surface area contributed by atoms with E-state index in [2.05, 4.69) is 5.32 Å². The summed E-state index contributed by atoms with van der Waals surface area (Å²) >= 11 is 0. The van der Waals surface area contributed by atoms with Gasteiger partial charge in [-0.25, -0.2) is 0 Å². The lowest BCUT2D eigenvalue weighted by Gasteiger charge is -2.29. The lowest BCUT2D eigenvalue weighted by Crippen LogP contribution is -2.53. The highest BCUT2D eigenvalue weighted by molar-refractivity contribution is 6.06. The van der Waals surface area contributed by atoms with E-state index in [0.717, 1.165) is 5.57 Å². The van der Waals surface area contributed by atoms with Gasteiger partial charge in [0, 0.05) is 18.5 Å². The molecular formula is C15H18N2O3. The van der Waals surface area contributed by atoms with Crippen molar-refractivity contribution in [1.82, 2.24) is 10.2 Å². The summed E-state index contributed by atoms with van der Waals surface area (Å²) in [5.74, 6) is -0.796. The Bertz CT molecular complexity index is 543. The molecule has 2 aliphatic heterocycles. The van der Waals surface area contributed by atoms with Gasteiger partial charge in [-0.2, -0.15) is 0 Å². The monoisotopic (exact) mass is 274 g/mol. The number of hydrogen-bond acceptors (Lipinski definition) is 3. The maximum atomic E-state index is 12.4. The number of allylic oxidation sites excluding steroid dienone is 2. The molecule has 0 aromatic heterocycles. The Hall–Kier alpha value is -2.17. The van der Waals surface area contributed by atoms with E-state index in [0.29, 0.717) is 18.5 Å². The minimum Gasteiger partial charge on any atom is -0.322 e. The van der Waals surface area contributed by atoms with Crippen molar-refractivity contribution >= 4 is 17.7 Å². The van der Waals surface area contributed by atoms with Gasteiger partial charge >= 0.3 is 0 Å². The minimum atomic E-state index is -0.553. The molecular weight excluding hydrogens is 256 g/mol. The predicted octanol–water partition coefficient (Wildman–Crippen LogP) is 1.08. The highest BCUT2D eigenvalue weighted by atomic mass is 16.2. The molecule has 2 rings (SSSR count). The maximum absolute atomic E-state index is 12.4. The highest BCUT2D eigenvalue weighted by Crippen LogP contribution is 2.26. The Balaban J connectivity index is 2.23. The Morgan fingerprint density at radius 1 is 1.15 bits per heavy atom. The lowest BCUT2D eigenvalue weighted by atomic mass is 10.0. The first kappa shape index (κ1) is 14.2. The van der Waals surface area contributed by atoms with Crippen LogP contribution in [0, 0.1) is 0 Å². The second-order valence-corrected chi connectivity index (χ2v) is 4.84. The third-order valence-electron chi connectivity index (χ3n) is 3.47. The summed E-state index contributed by atoms with van der Waals surface area (Å²) in [5, 5.41) is 2.29. The standard InChI is InChI=1S/C15H18N2O3/c1-3-5-10-9-17(15(20)11(10)6-4-2)12-7-8-13(18)16-14(12)19/h3-6,12H,7-9H2,1-2H3,(H,16,18,19)/b5-3-,6-4-. The Morgan fingerprint density at radius 3 is 2.45 bits per heavy atom. The summed E-state index contributed by atoms with van der Waals surface area (Å²) in [6.07, 6.45) is 8.01. The van der Waals surface area contributed by atoms with Gasteiger partial charge in [0.1, 0.15) is 6.04 Å². The van der Waals surface area contributed by atoms with Crippen LogP contribution in [0.4, 0.5) is 0 Å². The van der Waals surface area contributed by atoms with E-state index in [-0.39, 0.29) is 24.1 Å². The molecule has 0 aromatic carbocycles. The maximum Gasteiger partial charge on any atom is 0.255 e. The van der Waals surface area contributed by atoms with Crippen LogP contribution in [0.5, 0.6) is 0 Å². The fraction of sp³-hybridized carbons (Fsp3) is 0.400. The summed E-state index contributed by atoms with van der Waals surface area (Å²) in [7, 11) is 0. The quantitative estimate of drug-likeness (QED) is 0.783. The Labute approximate surface area is 118 Å². The van der Waals surface area contributed by atoms with Gasteiger partial charge in [0.25, 0.3) is 5.91 Å². The minimum absolute atomic E-state index is 0.148. The average molecular weight is 274 g/mol. The van der Waals surface area contributed by atoms with E-state index in [9.17, 15) is 14.4 Å². The van der Waals surface area contributed by atoms with Gasteiger partial charge in [0.15, 0.2) is 0 Å². The van der Waals surface area contributed by atoms with Crippen molar-refractivity contribution in [3.05, 3.63) is 35.5 Å². The van der Waals surface area contributed by atoms with Gasteiger partial charge in [-0.3, -0.25) is 19.7 Å². The molecule has 20 heavy (non-hydrogen) atoms. The number of amides is 3. The van der Waals surface area contributed by atoms with Crippen molar-refractivity contribution in [2.75, 3.05) is 6.54 Å². The number of imide groups is 1. The number of carbonyl (C=O) groups excluding carboxylic acids is 3. The second kappa shape index (κ2) is 5.86. The van der Waals surface area contributed by atoms with Crippen LogP contribution in [0.2, 0.25) is 0 Å². The van der Waals surface area contributed by atoms with Crippen LogP contribution < -0.4 is 5.32 Å². The molecule has 5 nitrogen and oxygen atoms in total. The number of rotatable bonds is 3. The fourth-order valence-corrected chi connectivity index (χ4v) is 2.55. The fourth-order valence-electron chi connectivity index (χ4n) is 2.55. The molecule has 2 heterocycles. The van der Waals surface area contributed by atoms with Crippen LogP contribution in [0.15, 0.2) is 35.5 Å². The van der Waals surface area contributed by atoms with Gasteiger partial charge in [-0.15, -0.1) is 0 Å². The highest BCUT2D eigenvalue weighted by Gasteiger charge is 2.38. The van der Waals surface area contributed by atoms with Crippen LogP contribution in [0.25, 0.3) is 0 Å². The first-order valence-electron chi connectivity index (χ1n) is 6.71. The second-order valence-electron chi connectivity index (χ2n) is 4.84. The summed E-state index contributed by atoms with van der Waals surface area (Å²) in [4.78, 5) is 37.0. The number of carbonyl (C=O) groups is 3. The number of hydrogen-bond donors (Lipinski definition) is 1. The zero-order valence-corrected chi connectivity index (χ0v) is 11.7. The van der Waals surface area contributed by atoms with E-state index in [1.165, 1.54) is 0 Å². The van der Waals surface area contributed by atoms with E-state index in [4.69, 9.17) is 0 Å². The SMILES string of the molecule is C/C=C\C1=C(/C=C\C)C(=O)N(C2CCC(=O)NC2=O)C1. The summed E-state index contributed by atoms with van der Waals surface area (Å²) in [6, 6.07) is -0.553. The molecule has 0 saturated carbocycles. The molecule has 0 spiro atoms. The zero-order valence-electron chi connectivity index (χ0n) is 11.7. The molecule has 0 radical (unpaired) electrons. The molecule has 1 saturated heterocycles. The van der Waals surface area contributed by atoms with Gasteiger partial charge in [0.2, 0.25) is 11.8 Å². The normalized spacial score (nSPS) is 24.4. The molecule has 0 aromatic rings. The first-order chi connectivity index (χ1) is 9.58.